The first-order valence-corrected chi connectivity index (χ1v) is 9.63. The van der Waals surface area contributed by atoms with Crippen molar-refractivity contribution >= 4 is 46.5 Å². The summed E-state index contributed by atoms with van der Waals surface area (Å²) in [6, 6.07) is 10.6. The number of hydrogen-bond donors (Lipinski definition) is 2. The number of carbonyl (C=O) groups is 2. The number of amides is 2. The molecular weight excluding hydrogens is 386 g/mol. The lowest BCUT2D eigenvalue weighted by Crippen LogP contribution is -2.36. The van der Waals surface area contributed by atoms with Crippen LogP contribution in [-0.4, -0.2) is 31.7 Å². The highest BCUT2D eigenvalue weighted by atomic mass is 35.5. The molecule has 0 aliphatic carbocycles. The second kappa shape index (κ2) is 7.21. The summed E-state index contributed by atoms with van der Waals surface area (Å²) in [4.78, 5) is 25.7. The quantitative estimate of drug-likeness (QED) is 0.701. The Morgan fingerprint density at radius 3 is 3.07 bits per heavy atom. The molecule has 0 bridgehead atoms. The number of thioether (sulfide) groups is 1. The number of fused-ring (bicyclic) bond motifs is 2. The fourth-order valence-corrected chi connectivity index (χ4v) is 4.21. The smallest absolute Gasteiger partial charge is 0.238 e. The minimum Gasteiger partial charge on any atom is -0.346 e. The number of benzene rings is 1. The standard InChI is InChI=1S/C18H16ClN5O2S/c1-10(17-23-22-15-4-2-3-7-24(15)17)20-16(25)9-14-18(26)21-12-8-11(19)5-6-13(12)27-14/h2-8,10,14H,9H2,1H3,(H,20,25)(H,21,26). The van der Waals surface area contributed by atoms with Crippen molar-refractivity contribution < 1.29 is 9.59 Å². The van der Waals surface area contributed by atoms with Gasteiger partial charge in [0.1, 0.15) is 0 Å². The van der Waals surface area contributed by atoms with Gasteiger partial charge in [0.15, 0.2) is 11.5 Å². The van der Waals surface area contributed by atoms with Gasteiger partial charge < -0.3 is 10.6 Å². The van der Waals surface area contributed by atoms with Crippen molar-refractivity contribution in [3.05, 3.63) is 53.4 Å². The van der Waals surface area contributed by atoms with E-state index in [4.69, 9.17) is 11.6 Å². The summed E-state index contributed by atoms with van der Waals surface area (Å²) < 4.78 is 1.83. The molecule has 2 aromatic heterocycles. The van der Waals surface area contributed by atoms with E-state index in [9.17, 15) is 9.59 Å². The fraction of sp³-hybridized carbons (Fsp3) is 0.222. The predicted octanol–water partition coefficient (Wildman–Crippen LogP) is 3.06. The Morgan fingerprint density at radius 2 is 2.22 bits per heavy atom. The molecule has 138 valence electrons. The van der Waals surface area contributed by atoms with Gasteiger partial charge in [-0.2, -0.15) is 0 Å². The molecule has 0 spiro atoms. The fourth-order valence-electron chi connectivity index (χ4n) is 2.95. The van der Waals surface area contributed by atoms with E-state index in [1.165, 1.54) is 11.8 Å². The zero-order chi connectivity index (χ0) is 19.0. The van der Waals surface area contributed by atoms with Crippen molar-refractivity contribution in [3.63, 3.8) is 0 Å². The third-order valence-electron chi connectivity index (χ3n) is 4.24. The maximum Gasteiger partial charge on any atom is 0.238 e. The van der Waals surface area contributed by atoms with Crippen LogP contribution < -0.4 is 10.6 Å². The average molecular weight is 402 g/mol. The largest absolute Gasteiger partial charge is 0.346 e. The second-order valence-corrected chi connectivity index (χ2v) is 7.90. The highest BCUT2D eigenvalue weighted by Gasteiger charge is 2.29. The first-order chi connectivity index (χ1) is 13.0. The normalized spacial score (nSPS) is 17.3. The van der Waals surface area contributed by atoms with Crippen molar-refractivity contribution in [1.82, 2.24) is 19.9 Å². The summed E-state index contributed by atoms with van der Waals surface area (Å²) in [6.45, 7) is 1.84. The molecule has 2 unspecified atom stereocenters. The lowest BCUT2D eigenvalue weighted by atomic mass is 10.2. The second-order valence-electron chi connectivity index (χ2n) is 6.22. The van der Waals surface area contributed by atoms with Crippen LogP contribution in [0.2, 0.25) is 5.02 Å². The summed E-state index contributed by atoms with van der Waals surface area (Å²) in [7, 11) is 0. The van der Waals surface area contributed by atoms with E-state index in [0.29, 0.717) is 22.2 Å². The van der Waals surface area contributed by atoms with Crippen LogP contribution in [0.25, 0.3) is 5.65 Å². The van der Waals surface area contributed by atoms with Gasteiger partial charge in [-0.3, -0.25) is 14.0 Å². The lowest BCUT2D eigenvalue weighted by molar-refractivity contribution is -0.124. The molecule has 2 amide bonds. The minimum absolute atomic E-state index is 0.0691. The van der Waals surface area contributed by atoms with Gasteiger partial charge in [-0.25, -0.2) is 0 Å². The van der Waals surface area contributed by atoms with Crippen LogP contribution >= 0.6 is 23.4 Å². The lowest BCUT2D eigenvalue weighted by Gasteiger charge is -2.24. The monoisotopic (exact) mass is 401 g/mol. The van der Waals surface area contributed by atoms with Gasteiger partial charge in [-0.1, -0.05) is 17.7 Å². The maximum absolute atomic E-state index is 12.5. The number of aromatic nitrogens is 3. The van der Waals surface area contributed by atoms with Gasteiger partial charge in [0, 0.05) is 22.5 Å². The summed E-state index contributed by atoms with van der Waals surface area (Å²) >= 11 is 7.32. The molecule has 3 aromatic rings. The third-order valence-corrected chi connectivity index (χ3v) is 5.75. The Labute approximate surface area is 164 Å². The average Bonchev–Trinajstić information content (AvgIpc) is 3.06. The molecule has 7 nitrogen and oxygen atoms in total. The Kier molecular flexibility index (Phi) is 4.75. The molecule has 9 heteroatoms. The Hall–Kier alpha value is -2.58. The van der Waals surface area contributed by atoms with Crippen LogP contribution in [0.15, 0.2) is 47.5 Å². The van der Waals surface area contributed by atoms with Crippen molar-refractivity contribution in [1.29, 1.82) is 0 Å². The Morgan fingerprint density at radius 1 is 1.37 bits per heavy atom. The molecule has 1 aliphatic heterocycles. The van der Waals surface area contributed by atoms with E-state index in [0.717, 1.165) is 4.90 Å². The zero-order valence-electron chi connectivity index (χ0n) is 14.3. The van der Waals surface area contributed by atoms with Crippen LogP contribution in [0.3, 0.4) is 0 Å². The highest BCUT2D eigenvalue weighted by Crippen LogP contribution is 2.38. The highest BCUT2D eigenvalue weighted by molar-refractivity contribution is 8.01. The van der Waals surface area contributed by atoms with Gasteiger partial charge in [-0.05, 0) is 37.3 Å². The number of anilines is 1. The maximum atomic E-state index is 12.5. The van der Waals surface area contributed by atoms with Crippen LogP contribution in [0.1, 0.15) is 25.2 Å². The summed E-state index contributed by atoms with van der Waals surface area (Å²) in [5.41, 5.74) is 1.39. The zero-order valence-corrected chi connectivity index (χ0v) is 15.9. The van der Waals surface area contributed by atoms with Crippen molar-refractivity contribution in [3.8, 4) is 0 Å². The van der Waals surface area contributed by atoms with Gasteiger partial charge in [0.2, 0.25) is 11.8 Å². The topological polar surface area (TPSA) is 88.4 Å². The molecule has 1 aliphatic rings. The van der Waals surface area contributed by atoms with E-state index in [1.807, 2.05) is 41.8 Å². The first kappa shape index (κ1) is 17.8. The molecule has 0 saturated heterocycles. The van der Waals surface area contributed by atoms with E-state index < -0.39 is 5.25 Å². The molecule has 0 fully saturated rings. The van der Waals surface area contributed by atoms with Crippen LogP contribution in [0, 0.1) is 0 Å². The predicted molar refractivity (Wildman–Crippen MR) is 104 cm³/mol. The summed E-state index contributed by atoms with van der Waals surface area (Å²) in [5.74, 6) is 0.213. The number of carbonyl (C=O) groups excluding carboxylic acids is 2. The number of nitrogens with zero attached hydrogens (tertiary/aromatic N) is 3. The summed E-state index contributed by atoms with van der Waals surface area (Å²) in [5, 5.41) is 14.0. The van der Waals surface area contributed by atoms with Gasteiger partial charge in [0.25, 0.3) is 0 Å². The molecule has 3 heterocycles. The molecule has 1 aromatic carbocycles. The molecule has 2 N–H and O–H groups in total. The van der Waals surface area contributed by atoms with Crippen LogP contribution in [0.5, 0.6) is 0 Å². The number of rotatable bonds is 4. The van der Waals surface area contributed by atoms with Crippen molar-refractivity contribution in [2.24, 2.45) is 0 Å². The SMILES string of the molecule is CC(NC(=O)CC1Sc2ccc(Cl)cc2NC1=O)c1nnc2ccccn12. The molecular formula is C18H16ClN5O2S. The van der Waals surface area contributed by atoms with E-state index in [-0.39, 0.29) is 24.3 Å². The number of hydrogen-bond acceptors (Lipinski definition) is 5. The molecule has 27 heavy (non-hydrogen) atoms. The van der Waals surface area contributed by atoms with Gasteiger partial charge in [0.05, 0.1) is 17.0 Å². The van der Waals surface area contributed by atoms with Crippen molar-refractivity contribution in [2.75, 3.05) is 5.32 Å². The Bertz CT molecular complexity index is 1040. The van der Waals surface area contributed by atoms with E-state index in [1.54, 1.807) is 12.1 Å². The third kappa shape index (κ3) is 3.63. The first-order valence-electron chi connectivity index (χ1n) is 8.37. The van der Waals surface area contributed by atoms with Crippen molar-refractivity contribution in [2.45, 2.75) is 29.5 Å². The number of nitrogens with one attached hydrogen (secondary N) is 2. The molecule has 2 atom stereocenters. The van der Waals surface area contributed by atoms with E-state index >= 15 is 0 Å². The minimum atomic E-state index is -0.499. The van der Waals surface area contributed by atoms with Crippen LogP contribution in [0.4, 0.5) is 5.69 Å². The van der Waals surface area contributed by atoms with Gasteiger partial charge >= 0.3 is 0 Å². The number of halogens is 1. The summed E-state index contributed by atoms with van der Waals surface area (Å²) in [6.07, 6.45) is 1.92. The molecule has 4 rings (SSSR count). The molecule has 0 radical (unpaired) electrons. The van der Waals surface area contributed by atoms with E-state index in [2.05, 4.69) is 20.8 Å². The molecule has 0 saturated carbocycles. The Balaban J connectivity index is 1.43. The number of pyridine rings is 1. The van der Waals surface area contributed by atoms with Gasteiger partial charge in [-0.15, -0.1) is 22.0 Å². The van der Waals surface area contributed by atoms with Crippen LogP contribution in [-0.2, 0) is 9.59 Å².